The monoisotopic (exact) mass is 521 g/mol. The van der Waals surface area contributed by atoms with E-state index < -0.39 is 16.1 Å². The molecule has 2 aromatic rings. The Labute approximate surface area is 214 Å². The first-order chi connectivity index (χ1) is 16.4. The zero-order valence-electron chi connectivity index (χ0n) is 21.2. The zero-order valence-corrected chi connectivity index (χ0v) is 22.7. The maximum absolute atomic E-state index is 13.3. The predicted molar refractivity (Wildman–Crippen MR) is 142 cm³/mol. The molecule has 0 aliphatic heterocycles. The molecule has 0 bridgehead atoms. The molecule has 0 saturated heterocycles. The summed E-state index contributed by atoms with van der Waals surface area (Å²) in [6.45, 7) is 8.52. The summed E-state index contributed by atoms with van der Waals surface area (Å²) in [7, 11) is -3.53. The van der Waals surface area contributed by atoms with E-state index in [1.807, 2.05) is 45.0 Å². The van der Waals surface area contributed by atoms with E-state index in [9.17, 15) is 18.0 Å². The van der Waals surface area contributed by atoms with Crippen molar-refractivity contribution in [1.29, 1.82) is 0 Å². The first kappa shape index (κ1) is 28.7. The number of nitrogens with one attached hydrogen (secondary N) is 1. The fraction of sp³-hybridized carbons (Fsp3) is 0.462. The summed E-state index contributed by atoms with van der Waals surface area (Å²) in [5, 5.41) is 3.44. The van der Waals surface area contributed by atoms with E-state index in [2.05, 4.69) is 5.32 Å². The maximum Gasteiger partial charge on any atom is 0.242 e. The van der Waals surface area contributed by atoms with Gasteiger partial charge in [0.05, 0.1) is 11.9 Å². The minimum absolute atomic E-state index is 0.107. The molecule has 0 fully saturated rings. The van der Waals surface area contributed by atoms with Crippen LogP contribution in [0.4, 0.5) is 5.69 Å². The van der Waals surface area contributed by atoms with Gasteiger partial charge in [-0.1, -0.05) is 36.7 Å². The van der Waals surface area contributed by atoms with Gasteiger partial charge in [-0.2, -0.15) is 0 Å². The lowest BCUT2D eigenvalue weighted by atomic mass is 10.1. The fourth-order valence-electron chi connectivity index (χ4n) is 3.65. The van der Waals surface area contributed by atoms with Gasteiger partial charge in [0.15, 0.2) is 0 Å². The Bertz CT molecular complexity index is 1120. The van der Waals surface area contributed by atoms with Crippen LogP contribution in [0.15, 0.2) is 42.5 Å². The molecule has 35 heavy (non-hydrogen) atoms. The van der Waals surface area contributed by atoms with Crippen molar-refractivity contribution in [3.63, 3.8) is 0 Å². The van der Waals surface area contributed by atoms with Crippen molar-refractivity contribution in [2.24, 2.45) is 0 Å². The molecular weight excluding hydrogens is 486 g/mol. The van der Waals surface area contributed by atoms with E-state index in [4.69, 9.17) is 11.6 Å². The molecule has 192 valence electrons. The smallest absolute Gasteiger partial charge is 0.242 e. The Morgan fingerprint density at radius 2 is 1.71 bits per heavy atom. The molecule has 1 unspecified atom stereocenters. The van der Waals surface area contributed by atoms with Gasteiger partial charge >= 0.3 is 0 Å². The zero-order chi connectivity index (χ0) is 26.2. The van der Waals surface area contributed by atoms with Crippen molar-refractivity contribution in [3.8, 4) is 0 Å². The minimum Gasteiger partial charge on any atom is -0.354 e. The second-order valence-corrected chi connectivity index (χ2v) is 11.2. The van der Waals surface area contributed by atoms with Crippen LogP contribution in [-0.2, 0) is 26.2 Å². The van der Waals surface area contributed by atoms with E-state index in [-0.39, 0.29) is 31.3 Å². The Balaban J connectivity index is 2.16. The Hall–Kier alpha value is -2.58. The summed E-state index contributed by atoms with van der Waals surface area (Å²) in [6.07, 6.45) is 2.38. The van der Waals surface area contributed by atoms with Crippen LogP contribution in [0.3, 0.4) is 0 Å². The predicted octanol–water partition coefficient (Wildman–Crippen LogP) is 4.45. The average Bonchev–Trinajstić information content (AvgIpc) is 2.80. The molecule has 9 heteroatoms. The average molecular weight is 522 g/mol. The highest BCUT2D eigenvalue weighted by Crippen LogP contribution is 2.22. The fourth-order valence-corrected chi connectivity index (χ4v) is 4.73. The summed E-state index contributed by atoms with van der Waals surface area (Å²) in [5.74, 6) is -0.435. The summed E-state index contributed by atoms with van der Waals surface area (Å²) in [6, 6.07) is 12.0. The van der Waals surface area contributed by atoms with Crippen molar-refractivity contribution < 1.29 is 18.0 Å². The van der Waals surface area contributed by atoms with Crippen LogP contribution in [-0.4, -0.2) is 50.5 Å². The van der Waals surface area contributed by atoms with Crippen LogP contribution < -0.4 is 9.62 Å². The maximum atomic E-state index is 13.3. The number of rotatable bonds is 12. The molecule has 0 heterocycles. The molecule has 0 spiro atoms. The van der Waals surface area contributed by atoms with Gasteiger partial charge in [0, 0.05) is 31.1 Å². The molecule has 2 aromatic carbocycles. The largest absolute Gasteiger partial charge is 0.354 e. The molecule has 2 rings (SSSR count). The van der Waals surface area contributed by atoms with Gasteiger partial charge in [-0.05, 0) is 74.6 Å². The first-order valence-corrected chi connectivity index (χ1v) is 14.0. The standard InChI is InChI=1S/C26H36ClN3O4S/c1-6-15-28-26(32)21(4)29(18-22-10-12-23(27)13-11-22)25(31)8-7-16-30(35(5,33)34)24-14-9-19(2)20(3)17-24/h9-14,17,21H,6-8,15-16,18H2,1-5H3,(H,28,32). The minimum atomic E-state index is -3.53. The molecule has 0 aromatic heterocycles. The lowest BCUT2D eigenvalue weighted by Crippen LogP contribution is -2.47. The topological polar surface area (TPSA) is 86.8 Å². The molecule has 2 amide bonds. The van der Waals surface area contributed by atoms with Crippen molar-refractivity contribution in [1.82, 2.24) is 10.2 Å². The number of nitrogens with zero attached hydrogens (tertiary/aromatic N) is 2. The summed E-state index contributed by atoms with van der Waals surface area (Å²) in [4.78, 5) is 27.4. The van der Waals surface area contributed by atoms with E-state index >= 15 is 0 Å². The third-order valence-corrected chi connectivity index (χ3v) is 7.36. The second-order valence-electron chi connectivity index (χ2n) is 8.82. The SMILES string of the molecule is CCCNC(=O)C(C)N(Cc1ccc(Cl)cc1)C(=O)CCCN(c1ccc(C)c(C)c1)S(C)(=O)=O. The second kappa shape index (κ2) is 12.9. The lowest BCUT2D eigenvalue weighted by molar-refractivity contribution is -0.140. The van der Waals surface area contributed by atoms with Crippen molar-refractivity contribution in [2.45, 2.75) is 59.5 Å². The Morgan fingerprint density at radius 3 is 2.29 bits per heavy atom. The normalized spacial score (nSPS) is 12.2. The molecule has 7 nitrogen and oxygen atoms in total. The third kappa shape index (κ3) is 8.54. The third-order valence-electron chi connectivity index (χ3n) is 5.91. The van der Waals surface area contributed by atoms with E-state index in [1.165, 1.54) is 9.21 Å². The van der Waals surface area contributed by atoms with Crippen molar-refractivity contribution in [2.75, 3.05) is 23.7 Å². The Kier molecular flexibility index (Phi) is 10.6. The van der Waals surface area contributed by atoms with Gasteiger partial charge in [-0.15, -0.1) is 0 Å². The quantitative estimate of drug-likeness (QED) is 0.447. The number of hydrogen-bond donors (Lipinski definition) is 1. The molecule has 0 aliphatic rings. The van der Waals surface area contributed by atoms with Crippen molar-refractivity contribution >= 4 is 39.1 Å². The van der Waals surface area contributed by atoms with E-state index in [0.717, 1.165) is 29.4 Å². The molecular formula is C26H36ClN3O4S. The van der Waals surface area contributed by atoms with Gasteiger partial charge in [-0.25, -0.2) is 8.42 Å². The summed E-state index contributed by atoms with van der Waals surface area (Å²) in [5.41, 5.74) is 3.50. The number of sulfonamides is 1. The number of halogens is 1. The molecule has 0 aliphatic carbocycles. The van der Waals surface area contributed by atoms with Gasteiger partial charge in [0.25, 0.3) is 0 Å². The highest BCUT2D eigenvalue weighted by molar-refractivity contribution is 7.92. The lowest BCUT2D eigenvalue weighted by Gasteiger charge is -2.29. The van der Waals surface area contributed by atoms with E-state index in [1.54, 1.807) is 25.1 Å². The number of anilines is 1. The number of hydrogen-bond acceptors (Lipinski definition) is 4. The number of carbonyl (C=O) groups excluding carboxylic acids is 2. The van der Waals surface area contributed by atoms with Gasteiger partial charge in [-0.3, -0.25) is 13.9 Å². The van der Waals surface area contributed by atoms with Gasteiger partial charge in [0.2, 0.25) is 21.8 Å². The van der Waals surface area contributed by atoms with Gasteiger partial charge < -0.3 is 10.2 Å². The van der Waals surface area contributed by atoms with Crippen LogP contribution in [0.2, 0.25) is 5.02 Å². The number of aryl methyl sites for hydroxylation is 2. The highest BCUT2D eigenvalue weighted by atomic mass is 35.5. The van der Waals surface area contributed by atoms with Crippen LogP contribution in [0.5, 0.6) is 0 Å². The van der Waals surface area contributed by atoms with E-state index in [0.29, 0.717) is 23.7 Å². The highest BCUT2D eigenvalue weighted by Gasteiger charge is 2.26. The van der Waals surface area contributed by atoms with Gasteiger partial charge in [0.1, 0.15) is 6.04 Å². The Morgan fingerprint density at radius 1 is 1.06 bits per heavy atom. The number of amides is 2. The summed E-state index contributed by atoms with van der Waals surface area (Å²) >= 11 is 5.99. The number of carbonyl (C=O) groups is 2. The summed E-state index contributed by atoms with van der Waals surface area (Å²) < 4.78 is 26.3. The van der Waals surface area contributed by atoms with Crippen LogP contribution in [0.1, 0.15) is 49.8 Å². The van der Waals surface area contributed by atoms with Crippen LogP contribution in [0.25, 0.3) is 0 Å². The van der Waals surface area contributed by atoms with Crippen LogP contribution in [0, 0.1) is 13.8 Å². The van der Waals surface area contributed by atoms with Crippen LogP contribution >= 0.6 is 11.6 Å². The molecule has 0 saturated carbocycles. The first-order valence-electron chi connectivity index (χ1n) is 11.8. The van der Waals surface area contributed by atoms with Crippen molar-refractivity contribution in [3.05, 3.63) is 64.2 Å². The molecule has 0 radical (unpaired) electrons. The number of benzene rings is 2. The molecule has 1 N–H and O–H groups in total. The molecule has 1 atom stereocenters.